The third kappa shape index (κ3) is 24.6. The number of aromatic amines is 4. The van der Waals surface area contributed by atoms with Crippen LogP contribution in [0.25, 0.3) is 160 Å². The van der Waals surface area contributed by atoms with E-state index in [0.29, 0.717) is 6.42 Å². The first-order valence-electron chi connectivity index (χ1n) is 52.9. The van der Waals surface area contributed by atoms with Crippen LogP contribution in [0, 0.1) is 6.92 Å². The van der Waals surface area contributed by atoms with Crippen molar-refractivity contribution in [1.29, 1.82) is 0 Å². The molecule has 0 fully saturated rings. The molecule has 16 rings (SSSR count). The second kappa shape index (κ2) is 48.1. The van der Waals surface area contributed by atoms with Gasteiger partial charge in [0.15, 0.2) is 0 Å². The Bertz CT molecular complexity index is 6210. The number of hydrogen-bond donors (Lipinski definition) is 4. The highest BCUT2D eigenvalue weighted by Gasteiger charge is 2.25. The van der Waals surface area contributed by atoms with Gasteiger partial charge >= 0.3 is 0 Å². The number of fused-ring (bicyclic) bond motifs is 16. The van der Waals surface area contributed by atoms with Gasteiger partial charge in [-0.3, -0.25) is 0 Å². The second-order valence-electron chi connectivity index (χ2n) is 39.3. The van der Waals surface area contributed by atoms with Crippen molar-refractivity contribution < 1.29 is 0 Å². The van der Waals surface area contributed by atoms with E-state index in [1.54, 1.807) is 0 Å². The molecule has 134 heavy (non-hydrogen) atoms. The van der Waals surface area contributed by atoms with Gasteiger partial charge in [0.1, 0.15) is 0 Å². The van der Waals surface area contributed by atoms with Crippen molar-refractivity contribution in [2.75, 3.05) is 0 Å². The maximum Gasteiger partial charge on any atom is 0.0737 e. The molecule has 0 amide bonds. The number of unbranched alkanes of at least 4 members (excludes halogenated alkanes) is 24. The van der Waals surface area contributed by atoms with E-state index in [0.717, 1.165) is 191 Å². The predicted molar refractivity (Wildman–Crippen MR) is 581 cm³/mol. The average Bonchev–Trinajstić information content (AvgIpc) is 1.62. The van der Waals surface area contributed by atoms with Crippen LogP contribution in [-0.4, -0.2) is 39.9 Å². The van der Waals surface area contributed by atoms with Gasteiger partial charge in [0, 0.05) is 89.5 Å². The fourth-order valence-corrected chi connectivity index (χ4v) is 21.0. The molecule has 6 aromatic carbocycles. The van der Waals surface area contributed by atoms with E-state index in [4.69, 9.17) is 19.9 Å². The zero-order valence-corrected chi connectivity index (χ0v) is 82.6. The Morgan fingerprint density at radius 3 is 0.754 bits per heavy atom. The summed E-state index contributed by atoms with van der Waals surface area (Å²) < 4.78 is 0. The zero-order chi connectivity index (χ0) is 92.3. The number of benzene rings is 6. The van der Waals surface area contributed by atoms with Crippen molar-refractivity contribution in [2.45, 2.75) is 326 Å². The average molecular weight is 1780 g/mol. The highest BCUT2D eigenvalue weighted by atomic mass is 14.8. The lowest BCUT2D eigenvalue weighted by molar-refractivity contribution is 0.661. The van der Waals surface area contributed by atoms with Crippen LogP contribution in [0.15, 0.2) is 176 Å². The lowest BCUT2D eigenvalue weighted by Gasteiger charge is -2.12. The maximum absolute atomic E-state index is 6.03. The van der Waals surface area contributed by atoms with Crippen LogP contribution in [0.5, 0.6) is 0 Å². The van der Waals surface area contributed by atoms with E-state index in [1.165, 1.54) is 283 Å². The lowest BCUT2D eigenvalue weighted by Crippen LogP contribution is -1.96. The molecule has 8 heteroatoms. The summed E-state index contributed by atoms with van der Waals surface area (Å²) in [7, 11) is 0. The molecule has 8 nitrogen and oxygen atoms in total. The molecule has 16 bridgehead atoms. The number of nitrogens with zero attached hydrogens (tertiary/aromatic N) is 4. The van der Waals surface area contributed by atoms with Crippen LogP contribution in [-0.2, 0) is 57.8 Å². The predicted octanol–water partition coefficient (Wildman–Crippen LogP) is 36.5. The largest absolute Gasteiger partial charge is 0.355 e. The van der Waals surface area contributed by atoms with Crippen molar-refractivity contribution in [3.8, 4) is 66.8 Å². The van der Waals surface area contributed by atoms with Crippen LogP contribution in [0.1, 0.15) is 368 Å². The summed E-state index contributed by atoms with van der Waals surface area (Å²) in [6.07, 6.45) is 66.2. The second-order valence-corrected chi connectivity index (χ2v) is 39.3. The summed E-state index contributed by atoms with van der Waals surface area (Å²) in [5.41, 5.74) is 44.1. The fraction of sp³-hybridized carbons (Fsp3) is 0.397. The van der Waals surface area contributed by atoms with Gasteiger partial charge in [0.05, 0.1) is 45.6 Å². The summed E-state index contributed by atoms with van der Waals surface area (Å²) in [6.45, 7) is 20.7. The molecule has 0 saturated heterocycles. The Morgan fingerprint density at radius 1 is 0.194 bits per heavy atom. The first kappa shape index (κ1) is 95.7. The lowest BCUT2D eigenvalue weighted by atomic mass is 9.94. The molecule has 694 valence electrons. The summed E-state index contributed by atoms with van der Waals surface area (Å²) in [4.78, 5) is 40.1. The van der Waals surface area contributed by atoms with Gasteiger partial charge in [-0.2, -0.15) is 0 Å². The van der Waals surface area contributed by atoms with Crippen LogP contribution in [0.3, 0.4) is 0 Å². The summed E-state index contributed by atoms with van der Waals surface area (Å²) in [5.74, 6) is 0. The number of rotatable bonds is 48. The smallest absolute Gasteiger partial charge is 0.0737 e. The van der Waals surface area contributed by atoms with E-state index in [2.05, 4.69) is 307 Å². The minimum Gasteiger partial charge on any atom is -0.355 e. The van der Waals surface area contributed by atoms with Gasteiger partial charge < -0.3 is 19.9 Å². The van der Waals surface area contributed by atoms with Crippen LogP contribution in [0.4, 0.5) is 0 Å². The molecular formula is C126H150N8. The molecule has 6 aromatic heterocycles. The number of H-pyrrole nitrogens is 4. The van der Waals surface area contributed by atoms with Crippen molar-refractivity contribution >= 4 is 92.7 Å². The molecule has 0 unspecified atom stereocenters. The standard InChI is InChI=1S/C126H150N8/c1-10-18-26-34-42-90-74-91(43-35-27-19-11-2)79-100(78-90)123-109-60-58-104(127-109)87-105-59-61-110(128-105)124(101-80-92(44-36-28-20-12-3)75-93(81-101)45-37-29-21-13-4)118-71-67-114(132-118)122(113-66-70-117(123)131-113)99-56-52-89(53-57-99)86-106-107-62-64-115(129-107)125(102-82-94(46-38-30-22-14-5)76-95(83-102)47-39-31-23-15-6)119-72-68-111(133-119)121(98-54-50-88(9)51-55-98)112-69-73-120(134-112)126(116-65-63-108(106)130-116)103-84-96(48-40-32-24-16-7)77-97(85-103)49-41-33-25-17-8/h50-85,87,127,129,132,134H,10-49,86H2,1-9H3. The molecule has 4 aliphatic heterocycles. The molecule has 4 aliphatic rings. The summed E-state index contributed by atoms with van der Waals surface area (Å²) >= 11 is 0. The van der Waals surface area contributed by atoms with Gasteiger partial charge in [0.2, 0.25) is 0 Å². The van der Waals surface area contributed by atoms with Gasteiger partial charge in [-0.25, -0.2) is 19.9 Å². The number of nitrogens with one attached hydrogen (secondary N) is 4. The third-order valence-corrected chi connectivity index (χ3v) is 28.3. The Kier molecular flexibility index (Phi) is 34.4. The Labute approximate surface area is 802 Å². The Balaban J connectivity index is 0.926. The van der Waals surface area contributed by atoms with Crippen molar-refractivity contribution in [1.82, 2.24) is 39.9 Å². The molecule has 0 saturated carbocycles. The topological polar surface area (TPSA) is 115 Å². The minimum atomic E-state index is 0.601. The van der Waals surface area contributed by atoms with Gasteiger partial charge in [0.25, 0.3) is 0 Å². The molecule has 4 N–H and O–H groups in total. The van der Waals surface area contributed by atoms with E-state index in [-0.39, 0.29) is 0 Å². The van der Waals surface area contributed by atoms with Crippen molar-refractivity contribution in [3.05, 3.63) is 283 Å². The SMILES string of the molecule is CCCCCCc1cc(CCCCCC)cc(-c2c3nc(c(-c4ccc(Cc5c6nc(c(-c7cc(CCCCCC)cc(CCCCCC)c7)c7ccc([nH]7)c(-c7ccc(C)cc7)c7nc(c(-c8cc(CCCCCC)cc(CCCCCC)c8)c8ccc5[nH]8)C=C7)C=C6)cc4)c4ccc([nH]4)c(-c4cc(CCCCCC)cc(CCCCCC)c4)c4nc(cc5ccc2[nH]5)C=C4)C=C3)c1. The van der Waals surface area contributed by atoms with E-state index < -0.39 is 0 Å². The third-order valence-electron chi connectivity index (χ3n) is 28.3. The molecule has 10 heterocycles. The molecular weight excluding hydrogens is 1630 g/mol. The van der Waals surface area contributed by atoms with Gasteiger partial charge in [-0.05, 0) is 296 Å². The highest BCUT2D eigenvalue weighted by Crippen LogP contribution is 2.43. The number of aromatic nitrogens is 8. The Hall–Kier alpha value is -11.5. The van der Waals surface area contributed by atoms with E-state index in [9.17, 15) is 0 Å². The van der Waals surface area contributed by atoms with Gasteiger partial charge in [-0.15, -0.1) is 0 Å². The molecule has 0 radical (unpaired) electrons. The Morgan fingerprint density at radius 2 is 0.440 bits per heavy atom. The summed E-state index contributed by atoms with van der Waals surface area (Å²) in [6, 6.07) is 69.3. The highest BCUT2D eigenvalue weighted by molar-refractivity contribution is 6.01. The van der Waals surface area contributed by atoms with Crippen LogP contribution < -0.4 is 0 Å². The van der Waals surface area contributed by atoms with E-state index in [1.807, 2.05) is 0 Å². The first-order chi connectivity index (χ1) is 65.9. The number of aryl methyl sites for hydroxylation is 9. The minimum absolute atomic E-state index is 0.601. The van der Waals surface area contributed by atoms with Crippen molar-refractivity contribution in [2.24, 2.45) is 0 Å². The molecule has 0 atom stereocenters. The summed E-state index contributed by atoms with van der Waals surface area (Å²) in [5, 5.41) is 0. The number of hydrogen-bond acceptors (Lipinski definition) is 4. The van der Waals surface area contributed by atoms with Gasteiger partial charge in [-0.1, -0.05) is 336 Å². The monoisotopic (exact) mass is 1780 g/mol. The molecule has 12 aromatic rings. The van der Waals surface area contributed by atoms with Crippen molar-refractivity contribution in [3.63, 3.8) is 0 Å². The fourth-order valence-electron chi connectivity index (χ4n) is 21.0. The zero-order valence-electron chi connectivity index (χ0n) is 82.6. The first-order valence-corrected chi connectivity index (χ1v) is 52.9. The maximum atomic E-state index is 6.03. The normalized spacial score (nSPS) is 12.3. The van der Waals surface area contributed by atoms with E-state index >= 15 is 0 Å². The van der Waals surface area contributed by atoms with Crippen LogP contribution in [0.2, 0.25) is 0 Å². The quantitative estimate of drug-likeness (QED) is 0.0284. The van der Waals surface area contributed by atoms with Crippen LogP contribution >= 0.6 is 0 Å². The molecule has 0 spiro atoms. The molecule has 0 aliphatic carbocycles.